The molecule has 0 amide bonds. The molecule has 1 unspecified atom stereocenters. The molecular weight excluding hydrogens is 386 g/mol. The van der Waals surface area contributed by atoms with E-state index < -0.39 is 18.0 Å². The lowest BCUT2D eigenvalue weighted by atomic mass is 10.0. The first kappa shape index (κ1) is 27.4. The molecule has 1 aromatic carbocycles. The van der Waals surface area contributed by atoms with E-state index in [2.05, 4.69) is 6.92 Å². The van der Waals surface area contributed by atoms with Crippen LogP contribution in [0.4, 0.5) is 0 Å². The van der Waals surface area contributed by atoms with Crippen LogP contribution in [0.15, 0.2) is 30.3 Å². The Morgan fingerprint density at radius 1 is 0.742 bits per heavy atom. The number of esters is 2. The minimum atomic E-state index is -0.799. The smallest absolute Gasteiger partial charge is 0.330 e. The molecule has 4 nitrogen and oxygen atoms in total. The van der Waals surface area contributed by atoms with Crippen molar-refractivity contribution in [3.8, 4) is 0 Å². The van der Waals surface area contributed by atoms with Crippen LogP contribution in [0.1, 0.15) is 115 Å². The summed E-state index contributed by atoms with van der Waals surface area (Å²) in [6, 6.07) is 8.72. The zero-order valence-electron chi connectivity index (χ0n) is 19.8. The van der Waals surface area contributed by atoms with Crippen molar-refractivity contribution in [3.05, 3.63) is 35.9 Å². The van der Waals surface area contributed by atoms with E-state index in [4.69, 9.17) is 10.5 Å². The van der Waals surface area contributed by atoms with Crippen LogP contribution in [0, 0.1) is 0 Å². The average molecular weight is 432 g/mol. The van der Waals surface area contributed by atoms with Crippen LogP contribution in [-0.4, -0.2) is 18.0 Å². The molecule has 2 N–H and O–H groups in total. The van der Waals surface area contributed by atoms with E-state index in [-0.39, 0.29) is 0 Å². The lowest BCUT2D eigenvalue weighted by Crippen LogP contribution is -2.35. The molecule has 0 heterocycles. The van der Waals surface area contributed by atoms with Crippen LogP contribution in [0.25, 0.3) is 0 Å². The number of benzene rings is 1. The molecule has 0 radical (unpaired) electrons. The van der Waals surface area contributed by atoms with Crippen molar-refractivity contribution >= 4 is 11.9 Å². The summed E-state index contributed by atoms with van der Waals surface area (Å²) < 4.78 is 4.90. The van der Waals surface area contributed by atoms with E-state index in [1.54, 1.807) is 0 Å². The number of rotatable bonds is 19. The fraction of sp³-hybridized carbons (Fsp3) is 0.704. The minimum absolute atomic E-state index is 0.294. The van der Waals surface area contributed by atoms with Gasteiger partial charge >= 0.3 is 11.9 Å². The van der Waals surface area contributed by atoms with Crippen molar-refractivity contribution in [3.63, 3.8) is 0 Å². The zero-order valence-corrected chi connectivity index (χ0v) is 19.8. The summed E-state index contributed by atoms with van der Waals surface area (Å²) >= 11 is 0. The highest BCUT2D eigenvalue weighted by Crippen LogP contribution is 2.14. The van der Waals surface area contributed by atoms with Crippen LogP contribution in [0.5, 0.6) is 0 Å². The molecule has 0 aliphatic rings. The van der Waals surface area contributed by atoms with Crippen LogP contribution >= 0.6 is 0 Å². The van der Waals surface area contributed by atoms with Gasteiger partial charge in [-0.05, 0) is 18.4 Å². The summed E-state index contributed by atoms with van der Waals surface area (Å²) in [6.07, 6.45) is 19.9. The van der Waals surface area contributed by atoms with E-state index in [1.165, 1.54) is 77.0 Å². The number of hydrogen-bond donors (Lipinski definition) is 1. The van der Waals surface area contributed by atoms with Crippen molar-refractivity contribution in [2.75, 3.05) is 0 Å². The monoisotopic (exact) mass is 431 g/mol. The molecule has 0 aromatic heterocycles. The predicted octanol–water partition coefficient (Wildman–Crippen LogP) is 6.89. The Hall–Kier alpha value is -1.68. The van der Waals surface area contributed by atoms with Crippen LogP contribution in [0.2, 0.25) is 0 Å². The highest BCUT2D eigenvalue weighted by molar-refractivity contribution is 5.88. The van der Waals surface area contributed by atoms with Gasteiger partial charge in [0.1, 0.15) is 6.04 Å². The molecule has 176 valence electrons. The third kappa shape index (κ3) is 15.7. The van der Waals surface area contributed by atoms with Crippen molar-refractivity contribution in [2.45, 2.75) is 122 Å². The zero-order chi connectivity index (χ0) is 22.6. The molecule has 1 aromatic rings. The number of hydrogen-bond acceptors (Lipinski definition) is 4. The van der Waals surface area contributed by atoms with Gasteiger partial charge in [-0.25, -0.2) is 4.79 Å². The molecule has 0 aliphatic heterocycles. The first-order valence-electron chi connectivity index (χ1n) is 12.7. The molecule has 0 bridgehead atoms. The second-order valence-corrected chi connectivity index (χ2v) is 8.79. The summed E-state index contributed by atoms with van der Waals surface area (Å²) in [5.41, 5.74) is 6.82. The Morgan fingerprint density at radius 3 is 1.68 bits per heavy atom. The van der Waals surface area contributed by atoms with Gasteiger partial charge in [-0.2, -0.15) is 0 Å². The Kier molecular flexibility index (Phi) is 16.8. The van der Waals surface area contributed by atoms with Gasteiger partial charge < -0.3 is 10.5 Å². The third-order valence-corrected chi connectivity index (χ3v) is 5.80. The molecule has 1 atom stereocenters. The lowest BCUT2D eigenvalue weighted by Gasteiger charge is -2.10. The normalized spacial score (nSPS) is 11.9. The van der Waals surface area contributed by atoms with E-state index in [1.807, 2.05) is 30.3 Å². The second kappa shape index (κ2) is 19.0. The number of carbonyl (C=O) groups is 2. The topological polar surface area (TPSA) is 69.4 Å². The predicted molar refractivity (Wildman–Crippen MR) is 129 cm³/mol. The lowest BCUT2D eigenvalue weighted by molar-refractivity contribution is -0.160. The van der Waals surface area contributed by atoms with Gasteiger partial charge in [-0.15, -0.1) is 0 Å². The van der Waals surface area contributed by atoms with E-state index in [0.29, 0.717) is 12.8 Å². The Labute approximate surface area is 190 Å². The van der Waals surface area contributed by atoms with Gasteiger partial charge in [0, 0.05) is 6.42 Å². The fourth-order valence-electron chi connectivity index (χ4n) is 3.83. The summed E-state index contributed by atoms with van der Waals surface area (Å²) in [5, 5.41) is 0. The van der Waals surface area contributed by atoms with Gasteiger partial charge in [-0.3, -0.25) is 4.79 Å². The van der Waals surface area contributed by atoms with Crippen molar-refractivity contribution in [1.29, 1.82) is 0 Å². The number of carbonyl (C=O) groups excluding carboxylic acids is 2. The minimum Gasteiger partial charge on any atom is -0.392 e. The summed E-state index contributed by atoms with van der Waals surface area (Å²) in [5.74, 6) is -1.09. The molecule has 0 saturated carbocycles. The van der Waals surface area contributed by atoms with Gasteiger partial charge in [0.25, 0.3) is 0 Å². The Balaban J connectivity index is 1.89. The first-order chi connectivity index (χ1) is 15.1. The maximum Gasteiger partial charge on any atom is 0.330 e. The standard InChI is InChI=1S/C27H45NO3/c1-2-3-4-5-6-7-8-9-10-11-12-13-14-15-19-22-26(29)31-27(30)25(28)23-24-20-17-16-18-21-24/h16-18,20-21,25H,2-15,19,22-23,28H2,1H3. The Bertz CT molecular complexity index is 573. The fourth-order valence-corrected chi connectivity index (χ4v) is 3.83. The largest absolute Gasteiger partial charge is 0.392 e. The van der Waals surface area contributed by atoms with Gasteiger partial charge in [-0.1, -0.05) is 127 Å². The van der Waals surface area contributed by atoms with Crippen molar-refractivity contribution < 1.29 is 14.3 Å². The van der Waals surface area contributed by atoms with E-state index in [9.17, 15) is 9.59 Å². The number of unbranched alkanes of at least 4 members (excludes halogenated alkanes) is 14. The second-order valence-electron chi connectivity index (χ2n) is 8.79. The van der Waals surface area contributed by atoms with Crippen LogP contribution in [0.3, 0.4) is 0 Å². The number of nitrogens with two attached hydrogens (primary N) is 1. The molecule has 0 aliphatic carbocycles. The van der Waals surface area contributed by atoms with Crippen LogP contribution < -0.4 is 5.73 Å². The summed E-state index contributed by atoms with van der Waals surface area (Å²) in [7, 11) is 0. The maximum atomic E-state index is 12.0. The average Bonchev–Trinajstić information content (AvgIpc) is 2.77. The maximum absolute atomic E-state index is 12.0. The molecule has 4 heteroatoms. The molecule has 0 saturated heterocycles. The van der Waals surface area contributed by atoms with E-state index in [0.717, 1.165) is 24.8 Å². The van der Waals surface area contributed by atoms with Crippen LogP contribution in [-0.2, 0) is 20.7 Å². The SMILES string of the molecule is CCCCCCCCCCCCCCCCCC(=O)OC(=O)C(N)Cc1ccccc1. The molecule has 31 heavy (non-hydrogen) atoms. The molecular formula is C27H45NO3. The van der Waals surface area contributed by atoms with Crippen molar-refractivity contribution in [2.24, 2.45) is 5.73 Å². The first-order valence-corrected chi connectivity index (χ1v) is 12.7. The highest BCUT2D eigenvalue weighted by atomic mass is 16.6. The number of ether oxygens (including phenoxy) is 1. The van der Waals surface area contributed by atoms with Gasteiger partial charge in [0.2, 0.25) is 0 Å². The van der Waals surface area contributed by atoms with Gasteiger partial charge in [0.05, 0.1) is 0 Å². The quantitative estimate of drug-likeness (QED) is 0.147. The molecule has 0 spiro atoms. The Morgan fingerprint density at radius 2 is 1.19 bits per heavy atom. The summed E-state index contributed by atoms with van der Waals surface area (Å²) in [4.78, 5) is 23.8. The molecule has 0 fully saturated rings. The highest BCUT2D eigenvalue weighted by Gasteiger charge is 2.19. The van der Waals surface area contributed by atoms with E-state index >= 15 is 0 Å². The molecule has 1 rings (SSSR count). The van der Waals surface area contributed by atoms with Gasteiger partial charge in [0.15, 0.2) is 0 Å². The van der Waals surface area contributed by atoms with Crippen molar-refractivity contribution in [1.82, 2.24) is 0 Å². The summed E-state index contributed by atoms with van der Waals surface area (Å²) in [6.45, 7) is 2.27. The third-order valence-electron chi connectivity index (χ3n) is 5.80.